The van der Waals surface area contributed by atoms with Crippen molar-refractivity contribution in [2.45, 2.75) is 76.7 Å². The zero-order valence-corrected chi connectivity index (χ0v) is 26.7. The van der Waals surface area contributed by atoms with E-state index in [9.17, 15) is 14.0 Å². The van der Waals surface area contributed by atoms with Crippen molar-refractivity contribution in [1.29, 1.82) is 0 Å². The summed E-state index contributed by atoms with van der Waals surface area (Å²) in [7, 11) is 1.54. The summed E-state index contributed by atoms with van der Waals surface area (Å²) in [6, 6.07) is 8.59. The number of hydrogen-bond donors (Lipinski definition) is 1. The molecule has 46 heavy (non-hydrogen) atoms. The first-order chi connectivity index (χ1) is 22.1. The lowest BCUT2D eigenvalue weighted by molar-refractivity contribution is -0.142. The van der Waals surface area contributed by atoms with Gasteiger partial charge >= 0.3 is 0 Å². The minimum atomic E-state index is -1.13. The van der Waals surface area contributed by atoms with E-state index in [4.69, 9.17) is 15.6 Å². The number of ether oxygens (including phenoxy) is 1. The zero-order valence-electron chi connectivity index (χ0n) is 26.7. The number of fused-ring (bicyclic) bond motifs is 2. The average Bonchev–Trinajstić information content (AvgIpc) is 3.72. The van der Waals surface area contributed by atoms with Gasteiger partial charge in [0, 0.05) is 56.5 Å². The molecule has 0 radical (unpaired) electrons. The van der Waals surface area contributed by atoms with E-state index in [1.165, 1.54) is 4.90 Å². The van der Waals surface area contributed by atoms with Crippen molar-refractivity contribution >= 4 is 28.2 Å². The molecular weight excluding hydrogens is 590 g/mol. The van der Waals surface area contributed by atoms with Gasteiger partial charge in [-0.05, 0) is 93.7 Å². The summed E-state index contributed by atoms with van der Waals surface area (Å²) in [6.45, 7) is 6.17. The molecule has 1 unspecified atom stereocenters. The van der Waals surface area contributed by atoms with E-state index in [0.29, 0.717) is 31.1 Å². The molecule has 244 valence electrons. The highest BCUT2D eigenvalue weighted by molar-refractivity contribution is 5.95. The number of methoxy groups -OCH3 is 1. The van der Waals surface area contributed by atoms with Crippen LogP contribution in [0.3, 0.4) is 0 Å². The minimum absolute atomic E-state index is 0.0111. The minimum Gasteiger partial charge on any atom is -0.372 e. The molecule has 0 spiro atoms. The molecule has 5 heterocycles. The Morgan fingerprint density at radius 2 is 1.85 bits per heavy atom. The predicted molar refractivity (Wildman–Crippen MR) is 172 cm³/mol. The number of rotatable bonds is 7. The SMILES string of the molecule is COC(C)C(=O)N1CCC(c2cc(F)cc3cc(-c4nn5cc(C(=O)N6C[C@H](N)C[C@@H](F)C6)ccc5c4C)n(CC4CC4)c23)CC1. The molecular formula is C35H42F2N6O3. The van der Waals surface area contributed by atoms with E-state index >= 15 is 4.39 Å². The Labute approximate surface area is 267 Å². The number of amides is 2. The number of halogens is 2. The van der Waals surface area contributed by atoms with Crippen LogP contribution in [0.25, 0.3) is 27.8 Å². The number of alkyl halides is 1. The molecule has 2 N–H and O–H groups in total. The van der Waals surface area contributed by atoms with E-state index in [1.807, 2.05) is 24.0 Å². The van der Waals surface area contributed by atoms with Crippen molar-refractivity contribution in [3.63, 3.8) is 0 Å². The van der Waals surface area contributed by atoms with Crippen LogP contribution in [-0.4, -0.2) is 87.4 Å². The largest absolute Gasteiger partial charge is 0.372 e. The number of hydrogen-bond acceptors (Lipinski definition) is 5. The highest BCUT2D eigenvalue weighted by atomic mass is 19.1. The third-order valence-corrected chi connectivity index (χ3v) is 10.2. The van der Waals surface area contributed by atoms with E-state index < -0.39 is 12.3 Å². The molecule has 2 aliphatic heterocycles. The lowest BCUT2D eigenvalue weighted by Gasteiger charge is -2.34. The number of benzene rings is 1. The Hall–Kier alpha value is -3.83. The normalized spacial score (nSPS) is 21.8. The number of aromatic nitrogens is 3. The maximum Gasteiger partial charge on any atom is 0.255 e. The van der Waals surface area contributed by atoms with Crippen molar-refractivity contribution in [1.82, 2.24) is 24.0 Å². The summed E-state index contributed by atoms with van der Waals surface area (Å²) in [5.41, 5.74) is 12.0. The molecule has 3 aromatic heterocycles. The van der Waals surface area contributed by atoms with Crippen molar-refractivity contribution in [2.75, 3.05) is 33.3 Å². The summed E-state index contributed by atoms with van der Waals surface area (Å²) in [6.07, 6.45) is 4.17. The van der Waals surface area contributed by atoms with Crippen LogP contribution in [0.4, 0.5) is 8.78 Å². The number of piperidine rings is 2. The third-order valence-electron chi connectivity index (χ3n) is 10.2. The van der Waals surface area contributed by atoms with E-state index in [-0.39, 0.29) is 42.6 Å². The maximum absolute atomic E-state index is 15.2. The van der Waals surface area contributed by atoms with E-state index in [2.05, 4.69) is 4.57 Å². The Morgan fingerprint density at radius 3 is 2.54 bits per heavy atom. The second-order valence-corrected chi connectivity index (χ2v) is 13.5. The number of nitrogens with zero attached hydrogens (tertiary/aromatic N) is 5. The van der Waals surface area contributed by atoms with Crippen molar-refractivity contribution in [2.24, 2.45) is 11.7 Å². The first-order valence-corrected chi connectivity index (χ1v) is 16.4. The molecule has 2 amide bonds. The fraction of sp³-hybridized carbons (Fsp3) is 0.514. The fourth-order valence-corrected chi connectivity index (χ4v) is 7.40. The molecule has 0 bridgehead atoms. The summed E-state index contributed by atoms with van der Waals surface area (Å²) < 4.78 is 38.7. The molecule has 3 fully saturated rings. The van der Waals surface area contributed by atoms with Crippen LogP contribution in [0, 0.1) is 18.7 Å². The highest BCUT2D eigenvalue weighted by Crippen LogP contribution is 2.41. The Morgan fingerprint density at radius 1 is 1.09 bits per heavy atom. The summed E-state index contributed by atoms with van der Waals surface area (Å²) >= 11 is 0. The number of carbonyl (C=O) groups is 2. The first kappa shape index (κ1) is 30.8. The topological polar surface area (TPSA) is 98.1 Å². The van der Waals surface area contributed by atoms with Crippen LogP contribution < -0.4 is 5.73 Å². The number of nitrogens with two attached hydrogens (primary N) is 1. The molecule has 2 saturated heterocycles. The van der Waals surface area contributed by atoms with E-state index in [1.54, 1.807) is 42.9 Å². The van der Waals surface area contributed by atoms with E-state index in [0.717, 1.165) is 71.2 Å². The molecule has 1 saturated carbocycles. The number of aryl methyl sites for hydroxylation is 1. The number of pyridine rings is 1. The molecule has 1 aliphatic carbocycles. The van der Waals surface area contributed by atoms with Gasteiger partial charge in [-0.15, -0.1) is 0 Å². The van der Waals surface area contributed by atoms with Crippen LogP contribution in [0.15, 0.2) is 36.5 Å². The molecule has 7 rings (SSSR count). The maximum atomic E-state index is 15.2. The molecule has 4 aromatic rings. The zero-order chi connectivity index (χ0) is 32.3. The van der Waals surface area contributed by atoms with Gasteiger partial charge in [-0.25, -0.2) is 13.3 Å². The number of likely N-dealkylation sites (tertiary alicyclic amines) is 2. The summed E-state index contributed by atoms with van der Waals surface area (Å²) in [4.78, 5) is 29.4. The van der Waals surface area contributed by atoms with Crippen LogP contribution in [0.2, 0.25) is 0 Å². The summed E-state index contributed by atoms with van der Waals surface area (Å²) in [5.74, 6) is 0.124. The molecule has 11 heteroatoms. The molecule has 3 atom stereocenters. The van der Waals surface area contributed by atoms with Gasteiger partial charge < -0.3 is 24.8 Å². The quantitative estimate of drug-likeness (QED) is 0.307. The number of carbonyl (C=O) groups excluding carboxylic acids is 2. The van der Waals surface area contributed by atoms with Crippen LogP contribution in [0.5, 0.6) is 0 Å². The van der Waals surface area contributed by atoms with Crippen molar-refractivity contribution < 1.29 is 23.1 Å². The smallest absolute Gasteiger partial charge is 0.255 e. The summed E-state index contributed by atoms with van der Waals surface area (Å²) in [5, 5.41) is 5.82. The fourth-order valence-electron chi connectivity index (χ4n) is 7.40. The van der Waals surface area contributed by atoms with Gasteiger partial charge in [0.2, 0.25) is 0 Å². The van der Waals surface area contributed by atoms with Gasteiger partial charge in [-0.2, -0.15) is 5.10 Å². The average molecular weight is 633 g/mol. The predicted octanol–water partition coefficient (Wildman–Crippen LogP) is 5.07. The lowest BCUT2D eigenvalue weighted by Crippen LogP contribution is -2.50. The first-order valence-electron chi connectivity index (χ1n) is 16.4. The molecule has 1 aromatic carbocycles. The Balaban J connectivity index is 1.25. The van der Waals surface area contributed by atoms with Crippen LogP contribution in [0.1, 0.15) is 66.4 Å². The second kappa shape index (κ2) is 12.1. The second-order valence-electron chi connectivity index (χ2n) is 13.5. The van der Waals surface area contributed by atoms with Gasteiger partial charge in [0.25, 0.3) is 11.8 Å². The molecule has 3 aliphatic rings. The van der Waals surface area contributed by atoms with Crippen LogP contribution in [-0.2, 0) is 16.1 Å². The van der Waals surface area contributed by atoms with Gasteiger partial charge in [0.1, 0.15) is 23.8 Å². The lowest BCUT2D eigenvalue weighted by atomic mass is 9.88. The standard InChI is InChI=1S/C35H42F2N6O3/c1-20-30-7-6-24(35(45)41-18-27(37)14-28(38)19-41)17-43(30)39-32(20)31-13-25-12-26(36)15-29(33(25)42(31)16-22-4-5-22)23-8-10-40(11-9-23)34(44)21(2)46-3/h6-7,12-13,15,17,21-23,27-28H,4-5,8-11,14,16,18-19,38H2,1-3H3/t21?,27-,28-/m1/s1. The van der Waals surface area contributed by atoms with Gasteiger partial charge in [-0.3, -0.25) is 9.59 Å². The monoisotopic (exact) mass is 632 g/mol. The van der Waals surface area contributed by atoms with Crippen molar-refractivity contribution in [3.05, 3.63) is 59.0 Å². The molecule has 9 nitrogen and oxygen atoms in total. The van der Waals surface area contributed by atoms with Gasteiger partial charge in [0.05, 0.1) is 28.8 Å². The van der Waals surface area contributed by atoms with Gasteiger partial charge in [0.15, 0.2) is 0 Å². The Bertz CT molecular complexity index is 1790. The third kappa shape index (κ3) is 5.68. The Kier molecular flexibility index (Phi) is 8.09. The van der Waals surface area contributed by atoms with Gasteiger partial charge in [-0.1, -0.05) is 0 Å². The highest BCUT2D eigenvalue weighted by Gasteiger charge is 2.32. The van der Waals surface area contributed by atoms with Crippen LogP contribution >= 0.6 is 0 Å². The van der Waals surface area contributed by atoms with Crippen molar-refractivity contribution in [3.8, 4) is 11.4 Å².